The molecule has 4 rings (SSSR count). The highest BCUT2D eigenvalue weighted by atomic mass is 79.9. The first-order valence-corrected chi connectivity index (χ1v) is 12.9. The summed E-state index contributed by atoms with van der Waals surface area (Å²) in [5.41, 5.74) is 3.30. The Morgan fingerprint density at radius 2 is 1.89 bits per heavy atom. The maximum absolute atomic E-state index is 12.7. The highest BCUT2D eigenvalue weighted by molar-refractivity contribution is 9.10. The number of nitrogens with one attached hydrogen (secondary N) is 1. The van der Waals surface area contributed by atoms with Crippen LogP contribution in [0, 0.1) is 0 Å². The molecule has 1 heterocycles. The van der Waals surface area contributed by atoms with Gasteiger partial charge >= 0.3 is 5.97 Å². The summed E-state index contributed by atoms with van der Waals surface area (Å²) in [6.45, 7) is 0.403. The van der Waals surface area contributed by atoms with Crippen LogP contribution in [0.4, 0.5) is 5.00 Å². The van der Waals surface area contributed by atoms with Crippen LogP contribution in [0.5, 0.6) is 11.5 Å². The van der Waals surface area contributed by atoms with Crippen LogP contribution >= 0.6 is 27.3 Å². The largest absolute Gasteiger partial charge is 0.493 e. The molecule has 0 radical (unpaired) electrons. The molecular weight excluding hydrogens is 530 g/mol. The normalized spacial score (nSPS) is 12.8. The molecule has 1 amide bonds. The van der Waals surface area contributed by atoms with E-state index in [1.54, 1.807) is 19.3 Å². The van der Waals surface area contributed by atoms with Crippen LogP contribution in [0.1, 0.15) is 44.8 Å². The fourth-order valence-electron chi connectivity index (χ4n) is 4.00. The van der Waals surface area contributed by atoms with E-state index in [0.717, 1.165) is 47.3 Å². The standard InChI is InChI=1S/C27H26BrNO5S/c1-32-21-15-18(14-20(28)25(21)34-16-17-8-4-3-5-9-17)12-13-23(30)29-26-24(27(31)33-2)19-10-6-7-11-22(19)35-26/h3-5,8-9,12-15H,6-7,10-11,16H2,1-2H3,(H,29,30)/b13-12+. The fourth-order valence-corrected chi connectivity index (χ4v) is 5.86. The van der Waals surface area contributed by atoms with E-state index in [-0.39, 0.29) is 5.91 Å². The number of hydrogen-bond donors (Lipinski definition) is 1. The average molecular weight is 556 g/mol. The lowest BCUT2D eigenvalue weighted by Gasteiger charge is -2.13. The van der Waals surface area contributed by atoms with Crippen molar-refractivity contribution < 1.29 is 23.8 Å². The Morgan fingerprint density at radius 1 is 1.11 bits per heavy atom. The lowest BCUT2D eigenvalue weighted by molar-refractivity contribution is -0.111. The summed E-state index contributed by atoms with van der Waals surface area (Å²) in [6, 6.07) is 13.5. The maximum atomic E-state index is 12.7. The van der Waals surface area contributed by atoms with Gasteiger partial charge in [-0.15, -0.1) is 11.3 Å². The second kappa shape index (κ2) is 11.6. The van der Waals surface area contributed by atoms with Crippen LogP contribution in [0.3, 0.4) is 0 Å². The number of carbonyl (C=O) groups is 2. The second-order valence-corrected chi connectivity index (χ2v) is 10.00. The van der Waals surface area contributed by atoms with Crippen molar-refractivity contribution in [1.82, 2.24) is 0 Å². The molecule has 1 aliphatic rings. The molecule has 0 unspecified atom stereocenters. The average Bonchev–Trinajstić information content (AvgIpc) is 3.24. The Labute approximate surface area is 217 Å². The van der Waals surface area contributed by atoms with Gasteiger partial charge in [-0.3, -0.25) is 4.79 Å². The molecular formula is C27H26BrNO5S. The highest BCUT2D eigenvalue weighted by Gasteiger charge is 2.26. The lowest BCUT2D eigenvalue weighted by atomic mass is 9.95. The number of aryl methyl sites for hydroxylation is 1. The molecule has 2 aromatic carbocycles. The number of rotatable bonds is 8. The van der Waals surface area contributed by atoms with E-state index in [1.165, 1.54) is 24.5 Å². The number of halogens is 1. The molecule has 0 atom stereocenters. The Morgan fingerprint density at radius 3 is 2.63 bits per heavy atom. The van der Waals surface area contributed by atoms with Crippen LogP contribution in [0.25, 0.3) is 6.08 Å². The summed E-state index contributed by atoms with van der Waals surface area (Å²) in [6.07, 6.45) is 6.99. The number of ether oxygens (including phenoxy) is 3. The van der Waals surface area contributed by atoms with Gasteiger partial charge in [-0.25, -0.2) is 4.79 Å². The molecule has 0 saturated carbocycles. The van der Waals surface area contributed by atoms with Crippen molar-refractivity contribution >= 4 is 50.2 Å². The second-order valence-electron chi connectivity index (χ2n) is 8.04. The Balaban J connectivity index is 1.49. The van der Waals surface area contributed by atoms with E-state index in [2.05, 4.69) is 21.2 Å². The minimum atomic E-state index is -0.413. The number of benzene rings is 2. The number of methoxy groups -OCH3 is 2. The topological polar surface area (TPSA) is 73.9 Å². The van der Waals surface area contributed by atoms with Gasteiger partial charge in [-0.2, -0.15) is 0 Å². The lowest BCUT2D eigenvalue weighted by Crippen LogP contribution is -2.13. The number of thiophene rings is 1. The summed E-state index contributed by atoms with van der Waals surface area (Å²) >= 11 is 5.01. The van der Waals surface area contributed by atoms with Crippen LogP contribution in [-0.2, 0) is 29.0 Å². The summed E-state index contributed by atoms with van der Waals surface area (Å²) in [7, 11) is 2.93. The third-order valence-electron chi connectivity index (χ3n) is 5.70. The quantitative estimate of drug-likeness (QED) is 0.256. The van der Waals surface area contributed by atoms with Crippen molar-refractivity contribution in [2.24, 2.45) is 0 Å². The van der Waals surface area contributed by atoms with Crippen molar-refractivity contribution in [2.45, 2.75) is 32.3 Å². The van der Waals surface area contributed by atoms with Crippen molar-refractivity contribution in [1.29, 1.82) is 0 Å². The van der Waals surface area contributed by atoms with Gasteiger partial charge in [0.15, 0.2) is 11.5 Å². The molecule has 0 aliphatic heterocycles. The van der Waals surface area contributed by atoms with Gasteiger partial charge < -0.3 is 19.5 Å². The predicted molar refractivity (Wildman–Crippen MR) is 141 cm³/mol. The third kappa shape index (κ3) is 5.94. The molecule has 182 valence electrons. The number of esters is 1. The first-order valence-electron chi connectivity index (χ1n) is 11.3. The van der Waals surface area contributed by atoms with E-state index in [9.17, 15) is 9.59 Å². The minimum Gasteiger partial charge on any atom is -0.493 e. The molecule has 0 fully saturated rings. The predicted octanol–water partition coefficient (Wildman–Crippen LogP) is 6.42. The first kappa shape index (κ1) is 25.0. The molecule has 1 aliphatic carbocycles. The van der Waals surface area contributed by atoms with E-state index in [4.69, 9.17) is 14.2 Å². The first-order chi connectivity index (χ1) is 17.0. The molecule has 0 saturated heterocycles. The summed E-state index contributed by atoms with van der Waals surface area (Å²) in [5, 5.41) is 3.41. The van der Waals surface area contributed by atoms with Gasteiger partial charge in [-0.05, 0) is 76.5 Å². The zero-order valence-corrected chi connectivity index (χ0v) is 22.0. The van der Waals surface area contributed by atoms with E-state index < -0.39 is 5.97 Å². The summed E-state index contributed by atoms with van der Waals surface area (Å²) in [5.74, 6) is 0.399. The Bertz CT molecular complexity index is 1250. The molecule has 0 spiro atoms. The highest BCUT2D eigenvalue weighted by Crippen LogP contribution is 2.39. The SMILES string of the molecule is COC(=O)c1c(NC(=O)/C=C/c2cc(Br)c(OCc3ccccc3)c(OC)c2)sc2c1CCCC2. The van der Waals surface area contributed by atoms with E-state index in [0.29, 0.717) is 33.1 Å². The molecule has 0 bridgehead atoms. The number of hydrogen-bond acceptors (Lipinski definition) is 6. The van der Waals surface area contributed by atoms with Crippen molar-refractivity contribution in [2.75, 3.05) is 19.5 Å². The molecule has 6 nitrogen and oxygen atoms in total. The van der Waals surface area contributed by atoms with E-state index >= 15 is 0 Å². The van der Waals surface area contributed by atoms with E-state index in [1.807, 2.05) is 36.4 Å². The van der Waals surface area contributed by atoms with Crippen LogP contribution in [0.15, 0.2) is 53.0 Å². The minimum absolute atomic E-state index is 0.326. The van der Waals surface area contributed by atoms with Gasteiger partial charge in [-0.1, -0.05) is 30.3 Å². The summed E-state index contributed by atoms with van der Waals surface area (Å²) in [4.78, 5) is 26.3. The fraction of sp³-hybridized carbons (Fsp3) is 0.259. The van der Waals surface area contributed by atoms with Crippen molar-refractivity contribution in [3.63, 3.8) is 0 Å². The number of amides is 1. The van der Waals surface area contributed by atoms with Crippen LogP contribution in [-0.4, -0.2) is 26.1 Å². The molecule has 1 N–H and O–H groups in total. The van der Waals surface area contributed by atoms with Gasteiger partial charge in [0.25, 0.3) is 0 Å². The molecule has 35 heavy (non-hydrogen) atoms. The van der Waals surface area contributed by atoms with Crippen LogP contribution < -0.4 is 14.8 Å². The molecule has 8 heteroatoms. The zero-order chi connectivity index (χ0) is 24.8. The maximum Gasteiger partial charge on any atom is 0.341 e. The van der Waals surface area contributed by atoms with Crippen LogP contribution in [0.2, 0.25) is 0 Å². The monoisotopic (exact) mass is 555 g/mol. The number of fused-ring (bicyclic) bond motifs is 1. The number of carbonyl (C=O) groups excluding carboxylic acids is 2. The van der Waals surface area contributed by atoms with Crippen molar-refractivity contribution in [3.05, 3.63) is 80.1 Å². The van der Waals surface area contributed by atoms with Crippen molar-refractivity contribution in [3.8, 4) is 11.5 Å². The molecule has 1 aromatic heterocycles. The Hall–Kier alpha value is -3.10. The van der Waals surface area contributed by atoms with Gasteiger partial charge in [0, 0.05) is 11.0 Å². The van der Waals surface area contributed by atoms with Gasteiger partial charge in [0.2, 0.25) is 5.91 Å². The van der Waals surface area contributed by atoms with Gasteiger partial charge in [0.05, 0.1) is 24.3 Å². The third-order valence-corrected chi connectivity index (χ3v) is 7.50. The Kier molecular flexibility index (Phi) is 8.25. The van der Waals surface area contributed by atoms with Gasteiger partial charge in [0.1, 0.15) is 11.6 Å². The zero-order valence-electron chi connectivity index (χ0n) is 19.6. The smallest absolute Gasteiger partial charge is 0.341 e. The number of anilines is 1. The molecule has 3 aromatic rings. The summed E-state index contributed by atoms with van der Waals surface area (Å²) < 4.78 is 17.2.